The summed E-state index contributed by atoms with van der Waals surface area (Å²) in [6.07, 6.45) is 8.38. The standard InChI is InChI=1S/C18H26O4S/c1-2-3-4-6-10-17(11-9-14-19)22-15-16-23(20,21)18-12-7-5-8-13-18/h5,7-8,12-17H,2-4,6,9-11H2,1H3/b16-15+/t17-/m1/s1. The van der Waals surface area contributed by atoms with E-state index in [-0.39, 0.29) is 11.0 Å². The van der Waals surface area contributed by atoms with Crippen LogP contribution >= 0.6 is 0 Å². The summed E-state index contributed by atoms with van der Waals surface area (Å²) in [7, 11) is -3.48. The first kappa shape index (κ1) is 19.4. The Bertz CT molecular complexity index is 564. The van der Waals surface area contributed by atoms with Crippen LogP contribution in [0, 0.1) is 0 Å². The normalized spacial score (nSPS) is 13.1. The highest BCUT2D eigenvalue weighted by molar-refractivity contribution is 7.94. The molecule has 1 rings (SSSR count). The van der Waals surface area contributed by atoms with Crippen LogP contribution < -0.4 is 0 Å². The van der Waals surface area contributed by atoms with Gasteiger partial charge in [-0.25, -0.2) is 8.42 Å². The largest absolute Gasteiger partial charge is 0.497 e. The molecule has 0 saturated carbocycles. The molecule has 0 aliphatic heterocycles. The Morgan fingerprint density at radius 1 is 1.09 bits per heavy atom. The zero-order valence-electron chi connectivity index (χ0n) is 13.7. The fraction of sp³-hybridized carbons (Fsp3) is 0.500. The maximum absolute atomic E-state index is 12.1. The van der Waals surface area contributed by atoms with Crippen molar-refractivity contribution in [3.63, 3.8) is 0 Å². The van der Waals surface area contributed by atoms with Crippen molar-refractivity contribution < 1.29 is 17.9 Å². The molecule has 0 spiro atoms. The molecule has 1 aromatic carbocycles. The topological polar surface area (TPSA) is 60.4 Å². The van der Waals surface area contributed by atoms with Crippen molar-refractivity contribution in [1.82, 2.24) is 0 Å². The molecular weight excluding hydrogens is 312 g/mol. The Morgan fingerprint density at radius 3 is 2.48 bits per heavy atom. The lowest BCUT2D eigenvalue weighted by Gasteiger charge is -2.15. The maximum atomic E-state index is 12.1. The Morgan fingerprint density at radius 2 is 1.83 bits per heavy atom. The van der Waals surface area contributed by atoms with Crippen LogP contribution in [0.4, 0.5) is 0 Å². The summed E-state index contributed by atoms with van der Waals surface area (Å²) < 4.78 is 29.8. The molecule has 0 fully saturated rings. The first-order valence-corrected chi connectivity index (χ1v) is 9.70. The number of carbonyl (C=O) groups is 1. The van der Waals surface area contributed by atoms with Crippen molar-refractivity contribution in [1.29, 1.82) is 0 Å². The van der Waals surface area contributed by atoms with Crippen LogP contribution in [0.5, 0.6) is 0 Å². The van der Waals surface area contributed by atoms with Crippen LogP contribution in [-0.4, -0.2) is 20.8 Å². The van der Waals surface area contributed by atoms with Gasteiger partial charge in [0.05, 0.1) is 22.7 Å². The molecule has 0 radical (unpaired) electrons. The highest BCUT2D eigenvalue weighted by Gasteiger charge is 2.11. The minimum Gasteiger partial charge on any atom is -0.497 e. The lowest BCUT2D eigenvalue weighted by atomic mass is 10.1. The molecule has 4 nitrogen and oxygen atoms in total. The third kappa shape index (κ3) is 7.98. The predicted octanol–water partition coefficient (Wildman–Crippen LogP) is 4.27. The number of sulfone groups is 1. The van der Waals surface area contributed by atoms with Gasteiger partial charge in [0.15, 0.2) is 0 Å². The predicted molar refractivity (Wildman–Crippen MR) is 91.7 cm³/mol. The zero-order valence-corrected chi connectivity index (χ0v) is 14.5. The summed E-state index contributed by atoms with van der Waals surface area (Å²) in [4.78, 5) is 10.8. The molecule has 0 heterocycles. The van der Waals surface area contributed by atoms with Gasteiger partial charge >= 0.3 is 0 Å². The third-order valence-electron chi connectivity index (χ3n) is 3.56. The molecule has 5 heteroatoms. The molecule has 128 valence electrons. The summed E-state index contributed by atoms with van der Waals surface area (Å²) in [5, 5.41) is 1.09. The number of hydrogen-bond acceptors (Lipinski definition) is 4. The Labute approximate surface area is 139 Å². The van der Waals surface area contributed by atoms with Crippen molar-refractivity contribution in [3.05, 3.63) is 42.0 Å². The maximum Gasteiger partial charge on any atom is 0.202 e. The summed E-state index contributed by atoms with van der Waals surface area (Å²) in [6, 6.07) is 8.23. The number of carbonyl (C=O) groups excluding carboxylic acids is 1. The molecule has 0 aliphatic rings. The number of unbranched alkanes of at least 4 members (excludes halogenated alkanes) is 3. The molecule has 0 aromatic heterocycles. The molecule has 1 atom stereocenters. The Balaban J connectivity index is 2.56. The van der Waals surface area contributed by atoms with Gasteiger partial charge in [-0.2, -0.15) is 0 Å². The van der Waals surface area contributed by atoms with Gasteiger partial charge in [0.25, 0.3) is 0 Å². The average molecular weight is 338 g/mol. The van der Waals surface area contributed by atoms with Crippen molar-refractivity contribution in [3.8, 4) is 0 Å². The SMILES string of the molecule is CCCCCC[C@H](CCC=O)O/C=C/S(=O)(=O)c1ccccc1. The minimum atomic E-state index is -3.48. The van der Waals surface area contributed by atoms with E-state index in [0.29, 0.717) is 12.8 Å². The van der Waals surface area contributed by atoms with E-state index in [1.54, 1.807) is 30.3 Å². The van der Waals surface area contributed by atoms with Crippen LogP contribution in [0.3, 0.4) is 0 Å². The first-order chi connectivity index (χ1) is 11.1. The van der Waals surface area contributed by atoms with Gasteiger partial charge in [-0.15, -0.1) is 0 Å². The highest BCUT2D eigenvalue weighted by atomic mass is 32.2. The summed E-state index contributed by atoms with van der Waals surface area (Å²) in [5.74, 6) is 0. The minimum absolute atomic E-state index is 0.112. The van der Waals surface area contributed by atoms with E-state index in [2.05, 4.69) is 6.92 Å². The molecule has 0 bridgehead atoms. The van der Waals surface area contributed by atoms with E-state index in [1.165, 1.54) is 12.7 Å². The second-order valence-corrected chi connectivity index (χ2v) is 7.32. The molecule has 1 aromatic rings. The van der Waals surface area contributed by atoms with Crippen LogP contribution in [-0.2, 0) is 19.4 Å². The molecule has 0 N–H and O–H groups in total. The fourth-order valence-electron chi connectivity index (χ4n) is 2.24. The van der Waals surface area contributed by atoms with E-state index >= 15 is 0 Å². The lowest BCUT2D eigenvalue weighted by molar-refractivity contribution is -0.108. The van der Waals surface area contributed by atoms with E-state index in [0.717, 1.165) is 37.4 Å². The second kappa shape index (κ2) is 11.0. The third-order valence-corrected chi connectivity index (χ3v) is 4.96. The van der Waals surface area contributed by atoms with Gasteiger partial charge in [0.2, 0.25) is 9.84 Å². The van der Waals surface area contributed by atoms with E-state index < -0.39 is 9.84 Å². The number of aldehydes is 1. The molecular formula is C18H26O4S. The quantitative estimate of drug-likeness (QED) is 0.324. The van der Waals surface area contributed by atoms with Crippen molar-refractivity contribution in [2.75, 3.05) is 0 Å². The fourth-order valence-corrected chi connectivity index (χ4v) is 3.14. The van der Waals surface area contributed by atoms with Crippen LogP contribution in [0.25, 0.3) is 0 Å². The number of rotatable bonds is 12. The molecule has 23 heavy (non-hydrogen) atoms. The Hall–Kier alpha value is -1.62. The molecule has 0 saturated heterocycles. The van der Waals surface area contributed by atoms with Crippen molar-refractivity contribution >= 4 is 16.1 Å². The van der Waals surface area contributed by atoms with Gasteiger partial charge in [-0.3, -0.25) is 0 Å². The zero-order chi connectivity index (χ0) is 17.0. The molecule has 0 amide bonds. The summed E-state index contributed by atoms with van der Waals surface area (Å²) in [6.45, 7) is 2.15. The van der Waals surface area contributed by atoms with Crippen molar-refractivity contribution in [2.24, 2.45) is 0 Å². The van der Waals surface area contributed by atoms with Crippen molar-refractivity contribution in [2.45, 2.75) is 62.9 Å². The van der Waals surface area contributed by atoms with Crippen LogP contribution in [0.15, 0.2) is 46.9 Å². The van der Waals surface area contributed by atoms with Gasteiger partial charge < -0.3 is 9.53 Å². The first-order valence-electron chi connectivity index (χ1n) is 8.16. The Kier molecular flexibility index (Phi) is 9.29. The summed E-state index contributed by atoms with van der Waals surface area (Å²) in [5.41, 5.74) is 0. The summed E-state index contributed by atoms with van der Waals surface area (Å²) >= 11 is 0. The van der Waals surface area contributed by atoms with Crippen LogP contribution in [0.1, 0.15) is 51.9 Å². The average Bonchev–Trinajstić information content (AvgIpc) is 2.56. The van der Waals surface area contributed by atoms with Gasteiger partial charge in [0.1, 0.15) is 6.29 Å². The lowest BCUT2D eigenvalue weighted by Crippen LogP contribution is -2.10. The number of hydrogen-bond donors (Lipinski definition) is 0. The second-order valence-electron chi connectivity index (χ2n) is 5.48. The smallest absolute Gasteiger partial charge is 0.202 e. The van der Waals surface area contributed by atoms with Crippen LogP contribution in [0.2, 0.25) is 0 Å². The molecule has 0 unspecified atom stereocenters. The molecule has 0 aliphatic carbocycles. The van der Waals surface area contributed by atoms with E-state index in [1.807, 2.05) is 0 Å². The number of benzene rings is 1. The van der Waals surface area contributed by atoms with E-state index in [9.17, 15) is 13.2 Å². The van der Waals surface area contributed by atoms with Gasteiger partial charge in [0, 0.05) is 6.42 Å². The highest BCUT2D eigenvalue weighted by Crippen LogP contribution is 2.15. The number of ether oxygens (including phenoxy) is 1. The van der Waals surface area contributed by atoms with Gasteiger partial charge in [-0.05, 0) is 31.4 Å². The monoisotopic (exact) mass is 338 g/mol. The van der Waals surface area contributed by atoms with Gasteiger partial charge in [-0.1, -0.05) is 44.4 Å². The van der Waals surface area contributed by atoms with E-state index in [4.69, 9.17) is 4.74 Å².